The number of nitrogens with one attached hydrogen (secondary N) is 1. The SMILES string of the molecule is CCOc1ccc(CCC(=O)N(Cc2cccc(Cl)c2)[C@H](C)C(=O)NC2CCCCC2)cc1OCC. The number of hydrogen-bond acceptors (Lipinski definition) is 4. The van der Waals surface area contributed by atoms with E-state index in [1.54, 1.807) is 11.0 Å². The molecule has 2 aromatic rings. The van der Waals surface area contributed by atoms with Gasteiger partial charge in [0.05, 0.1) is 13.2 Å². The maximum atomic E-state index is 13.5. The van der Waals surface area contributed by atoms with Crippen molar-refractivity contribution in [3.8, 4) is 11.5 Å². The van der Waals surface area contributed by atoms with Crippen molar-refractivity contribution in [2.24, 2.45) is 0 Å². The van der Waals surface area contributed by atoms with Crippen LogP contribution in [0, 0.1) is 0 Å². The molecule has 1 saturated carbocycles. The Kier molecular flexibility index (Phi) is 10.9. The van der Waals surface area contributed by atoms with Gasteiger partial charge >= 0.3 is 0 Å². The summed E-state index contributed by atoms with van der Waals surface area (Å²) in [5, 5.41) is 3.78. The summed E-state index contributed by atoms with van der Waals surface area (Å²) in [5.74, 6) is 1.20. The molecule has 6 nitrogen and oxygen atoms in total. The number of nitrogens with zero attached hydrogens (tertiary/aromatic N) is 1. The second-order valence-corrected chi connectivity index (χ2v) is 9.75. The first-order valence-electron chi connectivity index (χ1n) is 13.1. The molecule has 1 atom stereocenters. The Morgan fingerprint density at radius 1 is 1.00 bits per heavy atom. The van der Waals surface area contributed by atoms with Crippen LogP contribution in [0.4, 0.5) is 0 Å². The molecule has 0 spiro atoms. The summed E-state index contributed by atoms with van der Waals surface area (Å²) in [5.41, 5.74) is 1.88. The topological polar surface area (TPSA) is 67.9 Å². The normalized spacial score (nSPS) is 14.7. The van der Waals surface area contributed by atoms with Gasteiger partial charge in [-0.1, -0.05) is 49.1 Å². The maximum absolute atomic E-state index is 13.5. The first kappa shape index (κ1) is 27.9. The van der Waals surface area contributed by atoms with E-state index in [-0.39, 0.29) is 24.3 Å². The molecule has 2 amide bonds. The van der Waals surface area contributed by atoms with Crippen LogP contribution in [0.2, 0.25) is 5.02 Å². The van der Waals surface area contributed by atoms with E-state index in [1.807, 2.05) is 57.2 Å². The van der Waals surface area contributed by atoms with Gasteiger partial charge in [-0.15, -0.1) is 0 Å². The summed E-state index contributed by atoms with van der Waals surface area (Å²) < 4.78 is 11.4. The van der Waals surface area contributed by atoms with Crippen LogP contribution in [0.1, 0.15) is 70.4 Å². The maximum Gasteiger partial charge on any atom is 0.242 e. The molecule has 196 valence electrons. The van der Waals surface area contributed by atoms with E-state index in [1.165, 1.54) is 6.42 Å². The van der Waals surface area contributed by atoms with E-state index in [0.29, 0.717) is 42.7 Å². The van der Waals surface area contributed by atoms with Crippen LogP contribution < -0.4 is 14.8 Å². The minimum absolute atomic E-state index is 0.0758. The summed E-state index contributed by atoms with van der Waals surface area (Å²) in [7, 11) is 0. The fraction of sp³-hybridized carbons (Fsp3) is 0.517. The second kappa shape index (κ2) is 14.1. The van der Waals surface area contributed by atoms with Crippen LogP contribution in [0.3, 0.4) is 0 Å². The van der Waals surface area contributed by atoms with Crippen molar-refractivity contribution in [3.63, 3.8) is 0 Å². The zero-order valence-electron chi connectivity index (χ0n) is 21.7. The Morgan fingerprint density at radius 2 is 1.72 bits per heavy atom. The van der Waals surface area contributed by atoms with Gasteiger partial charge in [0.1, 0.15) is 6.04 Å². The molecule has 0 aliphatic heterocycles. The third-order valence-corrected chi connectivity index (χ3v) is 6.83. The minimum Gasteiger partial charge on any atom is -0.490 e. The molecule has 1 N–H and O–H groups in total. The summed E-state index contributed by atoms with van der Waals surface area (Å²) >= 11 is 6.19. The number of carbonyl (C=O) groups excluding carboxylic acids is 2. The van der Waals surface area contributed by atoms with Crippen LogP contribution in [0.5, 0.6) is 11.5 Å². The van der Waals surface area contributed by atoms with Gasteiger partial charge in [0, 0.05) is 24.0 Å². The van der Waals surface area contributed by atoms with Crippen molar-refractivity contribution in [1.82, 2.24) is 10.2 Å². The molecular weight excluding hydrogens is 476 g/mol. The van der Waals surface area contributed by atoms with Gasteiger partial charge in [-0.3, -0.25) is 9.59 Å². The van der Waals surface area contributed by atoms with Crippen molar-refractivity contribution in [2.45, 2.75) is 84.3 Å². The molecule has 7 heteroatoms. The molecule has 1 fully saturated rings. The molecule has 0 saturated heterocycles. The number of amides is 2. The number of carbonyl (C=O) groups is 2. The number of aryl methyl sites for hydroxylation is 1. The quantitative estimate of drug-likeness (QED) is 0.381. The molecule has 0 radical (unpaired) electrons. The lowest BCUT2D eigenvalue weighted by atomic mass is 9.95. The number of hydrogen-bond donors (Lipinski definition) is 1. The zero-order chi connectivity index (χ0) is 25.9. The largest absolute Gasteiger partial charge is 0.490 e. The van der Waals surface area contributed by atoms with Crippen molar-refractivity contribution < 1.29 is 19.1 Å². The van der Waals surface area contributed by atoms with Crippen molar-refractivity contribution >= 4 is 23.4 Å². The number of ether oxygens (including phenoxy) is 2. The van der Waals surface area contributed by atoms with E-state index >= 15 is 0 Å². The minimum atomic E-state index is -0.585. The van der Waals surface area contributed by atoms with Gasteiger partial charge in [-0.05, 0) is 75.4 Å². The Morgan fingerprint density at radius 3 is 2.42 bits per heavy atom. The summed E-state index contributed by atoms with van der Waals surface area (Å²) in [4.78, 5) is 28.3. The Bertz CT molecular complexity index is 1010. The fourth-order valence-corrected chi connectivity index (χ4v) is 4.84. The summed E-state index contributed by atoms with van der Waals surface area (Å²) in [6, 6.07) is 12.8. The van der Waals surface area contributed by atoms with Crippen LogP contribution in [-0.4, -0.2) is 42.0 Å². The predicted molar refractivity (Wildman–Crippen MR) is 144 cm³/mol. The van der Waals surface area contributed by atoms with Gasteiger partial charge in [0.25, 0.3) is 0 Å². The monoisotopic (exact) mass is 514 g/mol. The van der Waals surface area contributed by atoms with Crippen molar-refractivity contribution in [3.05, 3.63) is 58.6 Å². The molecule has 1 aliphatic rings. The highest BCUT2D eigenvalue weighted by Gasteiger charge is 2.28. The first-order valence-corrected chi connectivity index (χ1v) is 13.5. The van der Waals surface area contributed by atoms with E-state index in [9.17, 15) is 9.59 Å². The molecule has 0 heterocycles. The Labute approximate surface area is 220 Å². The number of halogens is 1. The lowest BCUT2D eigenvalue weighted by Crippen LogP contribution is -2.50. The lowest BCUT2D eigenvalue weighted by molar-refractivity contribution is -0.141. The lowest BCUT2D eigenvalue weighted by Gasteiger charge is -2.31. The molecule has 36 heavy (non-hydrogen) atoms. The first-order chi connectivity index (χ1) is 17.4. The highest BCUT2D eigenvalue weighted by atomic mass is 35.5. The highest BCUT2D eigenvalue weighted by molar-refractivity contribution is 6.30. The summed E-state index contributed by atoms with van der Waals surface area (Å²) in [6.07, 6.45) is 6.31. The predicted octanol–water partition coefficient (Wildman–Crippen LogP) is 5.94. The van der Waals surface area contributed by atoms with Crippen molar-refractivity contribution in [1.29, 1.82) is 0 Å². The van der Waals surface area contributed by atoms with E-state index < -0.39 is 6.04 Å². The van der Waals surface area contributed by atoms with Crippen LogP contribution in [-0.2, 0) is 22.6 Å². The average Bonchev–Trinajstić information content (AvgIpc) is 2.87. The van der Waals surface area contributed by atoms with Gasteiger partial charge in [0.2, 0.25) is 11.8 Å². The molecule has 2 aromatic carbocycles. The highest BCUT2D eigenvalue weighted by Crippen LogP contribution is 2.29. The smallest absolute Gasteiger partial charge is 0.242 e. The number of benzene rings is 2. The van der Waals surface area contributed by atoms with Gasteiger partial charge in [-0.25, -0.2) is 0 Å². The van der Waals surface area contributed by atoms with E-state index in [0.717, 1.165) is 36.8 Å². The van der Waals surface area contributed by atoms with Crippen LogP contribution >= 0.6 is 11.6 Å². The average molecular weight is 515 g/mol. The molecule has 1 aliphatic carbocycles. The van der Waals surface area contributed by atoms with E-state index in [2.05, 4.69) is 5.32 Å². The van der Waals surface area contributed by atoms with Gasteiger partial charge in [-0.2, -0.15) is 0 Å². The molecule has 0 bridgehead atoms. The van der Waals surface area contributed by atoms with Crippen LogP contribution in [0.15, 0.2) is 42.5 Å². The summed E-state index contributed by atoms with van der Waals surface area (Å²) in [6.45, 7) is 7.08. The third kappa shape index (κ3) is 8.16. The fourth-order valence-electron chi connectivity index (χ4n) is 4.63. The Hall–Kier alpha value is -2.73. The molecule has 0 unspecified atom stereocenters. The molecule has 3 rings (SSSR count). The molecular formula is C29H39ClN2O4. The zero-order valence-corrected chi connectivity index (χ0v) is 22.5. The van der Waals surface area contributed by atoms with Gasteiger partial charge in [0.15, 0.2) is 11.5 Å². The van der Waals surface area contributed by atoms with Crippen molar-refractivity contribution in [2.75, 3.05) is 13.2 Å². The third-order valence-electron chi connectivity index (χ3n) is 6.60. The van der Waals surface area contributed by atoms with E-state index in [4.69, 9.17) is 21.1 Å². The standard InChI is InChI=1S/C29H39ClN2O4/c1-4-35-26-16-14-22(19-27(26)36-5-2)15-17-28(33)32(20-23-10-9-11-24(30)18-23)21(3)29(34)31-25-12-7-6-8-13-25/h9-11,14,16,18-19,21,25H,4-8,12-13,15,17,20H2,1-3H3,(H,31,34)/t21-/m1/s1. The van der Waals surface area contributed by atoms with Crippen LogP contribution in [0.25, 0.3) is 0 Å². The van der Waals surface area contributed by atoms with Gasteiger partial charge < -0.3 is 19.7 Å². The Balaban J connectivity index is 1.72. The molecule has 0 aromatic heterocycles. The second-order valence-electron chi connectivity index (χ2n) is 9.32. The number of rotatable bonds is 12.